The number of carboxylic acid groups (broad SMARTS) is 3. The predicted octanol–water partition coefficient (Wildman–Crippen LogP) is -0.809. The van der Waals surface area contributed by atoms with Crippen LogP contribution in [-0.4, -0.2) is 26.3 Å². The minimum atomic E-state index is -4.09. The van der Waals surface area contributed by atoms with Gasteiger partial charge in [-0.3, -0.25) is 0 Å². The summed E-state index contributed by atoms with van der Waals surface area (Å²) in [5, 5.41) is 33.0. The summed E-state index contributed by atoms with van der Waals surface area (Å²) in [6, 6.07) is 8.05. The number of carbonyl (C=O) groups excluding carboxylic acids is 3. The first-order valence-electron chi connectivity index (χ1n) is 8.80. The first kappa shape index (κ1) is 21.8. The van der Waals surface area contributed by atoms with Crippen LogP contribution in [0.4, 0.5) is 0 Å². The standard InChI is InChI=1S/C21H16O9S/c22-19(23)12-1-3-13(4-2-12)30-14-5-7-15(8-6-14)31(28,29)16-9-10-17(20(24)25)18(11-16)21(26)27/h1-5,7,9-11H,6,8H2,(H,22,23)(H,24,25)(H,26,27)/p-3. The molecule has 2 aromatic carbocycles. The molecule has 1 aliphatic rings. The fraction of sp³-hybridized carbons (Fsp3) is 0.0952. The van der Waals surface area contributed by atoms with Gasteiger partial charge in [-0.05, 0) is 60.5 Å². The van der Waals surface area contributed by atoms with Crippen LogP contribution >= 0.6 is 0 Å². The highest BCUT2D eigenvalue weighted by Gasteiger charge is 2.24. The Labute approximate surface area is 176 Å². The van der Waals surface area contributed by atoms with Crippen molar-refractivity contribution >= 4 is 27.7 Å². The molecule has 0 radical (unpaired) electrons. The van der Waals surface area contributed by atoms with E-state index >= 15 is 0 Å². The third kappa shape index (κ3) is 4.64. The average Bonchev–Trinajstić information content (AvgIpc) is 2.74. The Morgan fingerprint density at radius 3 is 1.94 bits per heavy atom. The van der Waals surface area contributed by atoms with E-state index in [1.54, 1.807) is 0 Å². The Kier molecular flexibility index (Phi) is 5.93. The molecule has 0 aromatic heterocycles. The molecule has 160 valence electrons. The third-order valence-electron chi connectivity index (χ3n) is 4.50. The van der Waals surface area contributed by atoms with E-state index in [1.807, 2.05) is 0 Å². The number of carboxylic acids is 3. The first-order valence-corrected chi connectivity index (χ1v) is 10.3. The summed E-state index contributed by atoms with van der Waals surface area (Å²) in [7, 11) is -4.09. The summed E-state index contributed by atoms with van der Waals surface area (Å²) in [5.41, 5.74) is -1.49. The summed E-state index contributed by atoms with van der Waals surface area (Å²) in [4.78, 5) is 32.6. The fourth-order valence-electron chi connectivity index (χ4n) is 2.91. The average molecular weight is 441 g/mol. The molecule has 0 saturated heterocycles. The molecule has 2 aromatic rings. The van der Waals surface area contributed by atoms with E-state index in [1.165, 1.54) is 36.4 Å². The summed E-state index contributed by atoms with van der Waals surface area (Å²) >= 11 is 0. The second kappa shape index (κ2) is 8.44. The number of hydrogen-bond donors (Lipinski definition) is 0. The molecular formula is C21H13O9S-3. The number of hydrogen-bond acceptors (Lipinski definition) is 9. The van der Waals surface area contributed by atoms with E-state index in [-0.39, 0.29) is 23.3 Å². The topological polar surface area (TPSA) is 164 Å². The van der Waals surface area contributed by atoms with Crippen LogP contribution in [0.3, 0.4) is 0 Å². The van der Waals surface area contributed by atoms with Crippen LogP contribution in [0.5, 0.6) is 5.75 Å². The number of allylic oxidation sites excluding steroid dienone is 4. The second-order valence-corrected chi connectivity index (χ2v) is 8.47. The maximum atomic E-state index is 12.8. The zero-order chi connectivity index (χ0) is 22.8. The molecule has 0 aliphatic heterocycles. The molecule has 1 aliphatic carbocycles. The number of sulfone groups is 1. The van der Waals surface area contributed by atoms with Crippen molar-refractivity contribution in [2.24, 2.45) is 0 Å². The van der Waals surface area contributed by atoms with Gasteiger partial charge in [0.2, 0.25) is 9.84 Å². The summed E-state index contributed by atoms with van der Waals surface area (Å²) in [6.07, 6.45) is 2.99. The van der Waals surface area contributed by atoms with Gasteiger partial charge in [-0.2, -0.15) is 0 Å². The molecule has 9 nitrogen and oxygen atoms in total. The molecule has 3 rings (SSSR count). The van der Waals surface area contributed by atoms with Gasteiger partial charge in [-0.1, -0.05) is 6.07 Å². The van der Waals surface area contributed by atoms with Crippen LogP contribution in [-0.2, 0) is 9.84 Å². The monoisotopic (exact) mass is 441 g/mol. The molecule has 0 N–H and O–H groups in total. The van der Waals surface area contributed by atoms with Gasteiger partial charge in [0, 0.05) is 22.5 Å². The minimum Gasteiger partial charge on any atom is -0.545 e. The van der Waals surface area contributed by atoms with Crippen LogP contribution in [0.2, 0.25) is 0 Å². The largest absolute Gasteiger partial charge is 0.545 e. The Morgan fingerprint density at radius 2 is 1.42 bits per heavy atom. The van der Waals surface area contributed by atoms with Gasteiger partial charge in [0.25, 0.3) is 0 Å². The van der Waals surface area contributed by atoms with Crippen molar-refractivity contribution in [3.63, 3.8) is 0 Å². The molecular weight excluding hydrogens is 428 g/mol. The van der Waals surface area contributed by atoms with E-state index in [0.29, 0.717) is 11.5 Å². The molecule has 0 amide bonds. The quantitative estimate of drug-likeness (QED) is 0.534. The van der Waals surface area contributed by atoms with Gasteiger partial charge in [-0.15, -0.1) is 0 Å². The maximum absolute atomic E-state index is 12.8. The van der Waals surface area contributed by atoms with Crippen molar-refractivity contribution in [2.75, 3.05) is 0 Å². The Bertz CT molecular complexity index is 1240. The first-order chi connectivity index (χ1) is 14.6. The lowest BCUT2D eigenvalue weighted by Crippen LogP contribution is -2.30. The maximum Gasteiger partial charge on any atom is 0.202 e. The lowest BCUT2D eigenvalue weighted by atomic mass is 10.1. The molecule has 0 heterocycles. The lowest BCUT2D eigenvalue weighted by Gasteiger charge is -2.18. The van der Waals surface area contributed by atoms with Crippen molar-refractivity contribution < 1.29 is 42.9 Å². The zero-order valence-electron chi connectivity index (χ0n) is 15.7. The Hall–Kier alpha value is -3.92. The molecule has 0 fully saturated rings. The SMILES string of the molecule is O=C([O-])c1ccc(OC2=CC=C(S(=O)(=O)c3ccc(C(=O)[O-])c(C(=O)[O-])c3)CC2)cc1. The normalized spacial score (nSPS) is 13.7. The van der Waals surface area contributed by atoms with E-state index in [0.717, 1.165) is 18.2 Å². The van der Waals surface area contributed by atoms with Crippen LogP contribution < -0.4 is 20.1 Å². The molecule has 0 atom stereocenters. The van der Waals surface area contributed by atoms with Gasteiger partial charge >= 0.3 is 0 Å². The minimum absolute atomic E-state index is 0.0149. The van der Waals surface area contributed by atoms with Gasteiger partial charge in [0.15, 0.2) is 0 Å². The third-order valence-corrected chi connectivity index (χ3v) is 6.40. The highest BCUT2D eigenvalue weighted by Crippen LogP contribution is 2.30. The number of aromatic carboxylic acids is 3. The molecule has 0 unspecified atom stereocenters. The number of carbonyl (C=O) groups is 3. The smallest absolute Gasteiger partial charge is 0.202 e. The van der Waals surface area contributed by atoms with Gasteiger partial charge < -0.3 is 34.4 Å². The predicted molar refractivity (Wildman–Crippen MR) is 99.1 cm³/mol. The zero-order valence-corrected chi connectivity index (χ0v) is 16.5. The van der Waals surface area contributed by atoms with Crippen molar-refractivity contribution in [1.29, 1.82) is 0 Å². The van der Waals surface area contributed by atoms with Crippen LogP contribution in [0.1, 0.15) is 43.9 Å². The van der Waals surface area contributed by atoms with E-state index < -0.39 is 43.8 Å². The van der Waals surface area contributed by atoms with E-state index in [2.05, 4.69) is 0 Å². The molecule has 0 spiro atoms. The van der Waals surface area contributed by atoms with E-state index in [9.17, 15) is 38.1 Å². The van der Waals surface area contributed by atoms with Crippen molar-refractivity contribution in [3.05, 3.63) is 82.0 Å². The van der Waals surface area contributed by atoms with E-state index in [4.69, 9.17) is 4.74 Å². The molecule has 10 heteroatoms. The molecule has 31 heavy (non-hydrogen) atoms. The fourth-order valence-corrected chi connectivity index (χ4v) is 4.35. The number of rotatable bonds is 7. The lowest BCUT2D eigenvalue weighted by molar-refractivity contribution is -0.259. The van der Waals surface area contributed by atoms with Gasteiger partial charge in [-0.25, -0.2) is 8.42 Å². The Balaban J connectivity index is 1.85. The molecule has 0 bridgehead atoms. The van der Waals surface area contributed by atoms with Crippen LogP contribution in [0.25, 0.3) is 0 Å². The summed E-state index contributed by atoms with van der Waals surface area (Å²) < 4.78 is 31.3. The second-order valence-electron chi connectivity index (χ2n) is 6.47. The highest BCUT2D eigenvalue weighted by molar-refractivity contribution is 7.95. The summed E-state index contributed by atoms with van der Waals surface area (Å²) in [5.74, 6) is -4.14. The molecule has 0 saturated carbocycles. The van der Waals surface area contributed by atoms with Crippen LogP contribution in [0.15, 0.2) is 70.2 Å². The Morgan fingerprint density at radius 1 is 0.774 bits per heavy atom. The summed E-state index contributed by atoms with van der Waals surface area (Å²) in [6.45, 7) is 0. The number of ether oxygens (including phenoxy) is 1. The van der Waals surface area contributed by atoms with Crippen molar-refractivity contribution in [1.82, 2.24) is 0 Å². The number of benzene rings is 2. The highest BCUT2D eigenvalue weighted by atomic mass is 32.2. The van der Waals surface area contributed by atoms with Crippen molar-refractivity contribution in [2.45, 2.75) is 17.7 Å². The van der Waals surface area contributed by atoms with Gasteiger partial charge in [0.1, 0.15) is 11.5 Å². The van der Waals surface area contributed by atoms with Crippen molar-refractivity contribution in [3.8, 4) is 5.75 Å². The van der Waals surface area contributed by atoms with Crippen LogP contribution in [0, 0.1) is 0 Å². The van der Waals surface area contributed by atoms with Gasteiger partial charge in [0.05, 0.1) is 22.8 Å².